The predicted octanol–water partition coefficient (Wildman–Crippen LogP) is 11.6. The van der Waals surface area contributed by atoms with Crippen molar-refractivity contribution >= 4 is 45.1 Å². The van der Waals surface area contributed by atoms with E-state index in [0.717, 1.165) is 0 Å². The predicted molar refractivity (Wildman–Crippen MR) is 190 cm³/mol. The second-order valence-corrected chi connectivity index (χ2v) is 11.6. The molecule has 0 aliphatic heterocycles. The molecule has 0 radical (unpaired) electrons. The van der Waals surface area contributed by atoms with E-state index in [1.54, 1.807) is 0 Å². The molecule has 0 aliphatic carbocycles. The van der Waals surface area contributed by atoms with Crippen LogP contribution in [0.15, 0.2) is 158 Å². The summed E-state index contributed by atoms with van der Waals surface area (Å²) in [4.78, 5) is 0. The highest BCUT2D eigenvalue weighted by Crippen LogP contribution is 2.36. The summed E-state index contributed by atoms with van der Waals surface area (Å²) in [7, 11) is 0. The van der Waals surface area contributed by atoms with E-state index in [-0.39, 0.29) is 0 Å². The molecule has 7 rings (SSSR count). The summed E-state index contributed by atoms with van der Waals surface area (Å²) in [5.74, 6) is 0. The molecule has 0 N–H and O–H groups in total. The maximum atomic E-state index is 2.49. The summed E-state index contributed by atoms with van der Waals surface area (Å²) in [6.07, 6.45) is 4.65. The summed E-state index contributed by atoms with van der Waals surface area (Å²) in [5, 5.41) is 2.57. The van der Waals surface area contributed by atoms with Crippen LogP contribution in [0.4, 0.5) is 0 Å². The molecule has 44 heavy (non-hydrogen) atoms. The Hall–Kier alpha value is -5.40. The van der Waals surface area contributed by atoms with Gasteiger partial charge < -0.3 is 4.57 Å². The van der Waals surface area contributed by atoms with Gasteiger partial charge in [0.1, 0.15) is 0 Å². The molecule has 212 valence electrons. The Kier molecular flexibility index (Phi) is 7.53. The van der Waals surface area contributed by atoms with Crippen LogP contribution in [-0.2, 0) is 0 Å². The summed E-state index contributed by atoms with van der Waals surface area (Å²) >= 11 is 0. The largest absolute Gasteiger partial charge is 0.338 e. The normalized spacial score (nSPS) is 11.2. The number of rotatable bonds is 7. The first kappa shape index (κ1) is 27.4. The lowest BCUT2D eigenvalue weighted by molar-refractivity contribution is 0.642. The van der Waals surface area contributed by atoms with Crippen molar-refractivity contribution < 1.29 is 0 Å². The topological polar surface area (TPSA) is 4.93 Å². The van der Waals surface area contributed by atoms with Gasteiger partial charge in [-0.15, -0.1) is 0 Å². The van der Waals surface area contributed by atoms with Crippen molar-refractivity contribution in [2.75, 3.05) is 0 Å². The first-order chi connectivity index (χ1) is 21.7. The number of hydrogen-bond acceptors (Lipinski definition) is 0. The van der Waals surface area contributed by atoms with Crippen LogP contribution in [0.1, 0.15) is 53.3 Å². The molecule has 6 aromatic carbocycles. The summed E-state index contributed by atoms with van der Waals surface area (Å²) in [6.45, 7) is 4.56. The zero-order chi connectivity index (χ0) is 29.9. The van der Waals surface area contributed by atoms with Gasteiger partial charge in [-0.2, -0.15) is 0 Å². The molecule has 1 nitrogen and oxygen atoms in total. The van der Waals surface area contributed by atoms with Crippen molar-refractivity contribution in [2.24, 2.45) is 0 Å². The van der Waals surface area contributed by atoms with E-state index in [1.165, 1.54) is 66.3 Å². The zero-order valence-corrected chi connectivity index (χ0v) is 25.2. The zero-order valence-electron chi connectivity index (χ0n) is 25.2. The van der Waals surface area contributed by atoms with E-state index in [0.29, 0.717) is 6.04 Å². The van der Waals surface area contributed by atoms with Crippen LogP contribution in [0.5, 0.6) is 0 Å². The van der Waals surface area contributed by atoms with Gasteiger partial charge in [-0.25, -0.2) is 0 Å². The SMILES string of the molecule is CC(C)n1c2cc(C=C(c3ccccc3)c3ccccc3)ccc2c2ccc(C=C(c3ccccc3)c3ccccc3)cc21. The van der Waals surface area contributed by atoms with Gasteiger partial charge in [0.05, 0.1) is 0 Å². The minimum absolute atomic E-state index is 0.305. The van der Waals surface area contributed by atoms with Gasteiger partial charge >= 0.3 is 0 Å². The Morgan fingerprint density at radius 3 is 1.05 bits per heavy atom. The molecule has 0 spiro atoms. The molecular formula is C43H35N. The summed E-state index contributed by atoms with van der Waals surface area (Å²) < 4.78 is 2.49. The highest BCUT2D eigenvalue weighted by Gasteiger charge is 2.15. The quantitative estimate of drug-likeness (QED) is 0.169. The van der Waals surface area contributed by atoms with E-state index < -0.39 is 0 Å². The Morgan fingerprint density at radius 1 is 0.432 bits per heavy atom. The Labute approximate surface area is 260 Å². The van der Waals surface area contributed by atoms with Gasteiger partial charge in [-0.1, -0.05) is 146 Å². The first-order valence-electron chi connectivity index (χ1n) is 15.4. The second-order valence-electron chi connectivity index (χ2n) is 11.6. The smallest absolute Gasteiger partial charge is 0.0499 e. The van der Waals surface area contributed by atoms with Gasteiger partial charge in [0.25, 0.3) is 0 Å². The highest BCUT2D eigenvalue weighted by atomic mass is 15.0. The molecule has 0 aliphatic rings. The van der Waals surface area contributed by atoms with Crippen molar-refractivity contribution in [3.05, 3.63) is 191 Å². The lowest BCUT2D eigenvalue weighted by Crippen LogP contribution is -2.00. The van der Waals surface area contributed by atoms with Crippen molar-refractivity contribution in [3.8, 4) is 0 Å². The standard InChI is InChI=1S/C43H35N/c1-31(2)44-42-29-32(27-40(34-15-7-3-8-16-34)35-17-9-4-10-18-35)23-25-38(42)39-26-24-33(30-43(39)44)28-41(36-19-11-5-12-20-36)37-21-13-6-14-22-37/h3-31H,1-2H3. The molecule has 1 aromatic heterocycles. The van der Waals surface area contributed by atoms with E-state index in [4.69, 9.17) is 0 Å². The number of nitrogens with zero attached hydrogens (tertiary/aromatic N) is 1. The average molecular weight is 566 g/mol. The lowest BCUT2D eigenvalue weighted by Gasteiger charge is -2.13. The van der Waals surface area contributed by atoms with Gasteiger partial charge in [0.15, 0.2) is 0 Å². The van der Waals surface area contributed by atoms with Gasteiger partial charge in [-0.3, -0.25) is 0 Å². The molecule has 0 saturated heterocycles. The van der Waals surface area contributed by atoms with Crippen LogP contribution in [0.2, 0.25) is 0 Å². The van der Waals surface area contributed by atoms with E-state index >= 15 is 0 Å². The molecule has 0 saturated carbocycles. The van der Waals surface area contributed by atoms with Crippen molar-refractivity contribution in [1.82, 2.24) is 4.57 Å². The van der Waals surface area contributed by atoms with Crippen molar-refractivity contribution in [1.29, 1.82) is 0 Å². The fraction of sp³-hybridized carbons (Fsp3) is 0.0698. The van der Waals surface area contributed by atoms with Crippen molar-refractivity contribution in [3.63, 3.8) is 0 Å². The highest BCUT2D eigenvalue weighted by molar-refractivity contribution is 6.10. The van der Waals surface area contributed by atoms with Gasteiger partial charge in [-0.05, 0) is 82.7 Å². The number of aromatic nitrogens is 1. The van der Waals surface area contributed by atoms with E-state index in [1.807, 2.05) is 0 Å². The third-order valence-corrected chi connectivity index (χ3v) is 8.33. The van der Waals surface area contributed by atoms with E-state index in [2.05, 4.69) is 188 Å². The minimum Gasteiger partial charge on any atom is -0.338 e. The van der Waals surface area contributed by atoms with Crippen LogP contribution in [-0.4, -0.2) is 4.57 Å². The fourth-order valence-electron chi connectivity index (χ4n) is 6.29. The van der Waals surface area contributed by atoms with Crippen LogP contribution in [0.25, 0.3) is 45.1 Å². The molecule has 0 atom stereocenters. The van der Waals surface area contributed by atoms with Crippen LogP contribution in [0.3, 0.4) is 0 Å². The first-order valence-corrected chi connectivity index (χ1v) is 15.4. The number of fused-ring (bicyclic) bond motifs is 3. The summed E-state index contributed by atoms with van der Waals surface area (Å²) in [6, 6.07) is 56.8. The van der Waals surface area contributed by atoms with Gasteiger partial charge in [0.2, 0.25) is 0 Å². The molecule has 0 fully saturated rings. The molecule has 0 amide bonds. The van der Waals surface area contributed by atoms with Gasteiger partial charge in [0, 0.05) is 27.8 Å². The van der Waals surface area contributed by atoms with Crippen LogP contribution in [0, 0.1) is 0 Å². The molecule has 0 unspecified atom stereocenters. The third-order valence-electron chi connectivity index (χ3n) is 8.33. The van der Waals surface area contributed by atoms with E-state index in [9.17, 15) is 0 Å². The Balaban J connectivity index is 1.39. The average Bonchev–Trinajstić information content (AvgIpc) is 3.41. The maximum absolute atomic E-state index is 2.49. The second kappa shape index (κ2) is 12.1. The monoisotopic (exact) mass is 565 g/mol. The Bertz CT molecular complexity index is 1860. The van der Waals surface area contributed by atoms with Crippen LogP contribution >= 0.6 is 0 Å². The molecule has 0 bridgehead atoms. The molecule has 1 heterocycles. The fourth-order valence-corrected chi connectivity index (χ4v) is 6.29. The summed E-state index contributed by atoms with van der Waals surface area (Å²) in [5.41, 5.74) is 12.2. The lowest BCUT2D eigenvalue weighted by atomic mass is 9.95. The molecule has 7 aromatic rings. The maximum Gasteiger partial charge on any atom is 0.0499 e. The van der Waals surface area contributed by atoms with Crippen LogP contribution < -0.4 is 0 Å². The molecular weight excluding hydrogens is 530 g/mol. The minimum atomic E-state index is 0.305. The number of hydrogen-bond donors (Lipinski definition) is 0. The molecule has 1 heteroatoms. The van der Waals surface area contributed by atoms with Crippen molar-refractivity contribution in [2.45, 2.75) is 19.9 Å². The third kappa shape index (κ3) is 5.41. The number of benzene rings is 6. The Morgan fingerprint density at radius 2 is 0.750 bits per heavy atom.